The lowest BCUT2D eigenvalue weighted by molar-refractivity contribution is -0.138. The van der Waals surface area contributed by atoms with Gasteiger partial charge in [0.1, 0.15) is 5.82 Å². The zero-order valence-electron chi connectivity index (χ0n) is 12.1. The first-order valence-electron chi connectivity index (χ1n) is 6.83. The Bertz CT molecular complexity index is 800. The minimum absolute atomic E-state index is 0.240. The molecule has 0 saturated heterocycles. The van der Waals surface area contributed by atoms with Crippen LogP contribution in [-0.2, 0) is 4.79 Å². The quantitative estimate of drug-likeness (QED) is 0.926. The number of carbonyl (C=O) groups excluding carboxylic acids is 1. The molecule has 1 N–H and O–H groups in total. The van der Waals surface area contributed by atoms with Gasteiger partial charge in [-0.1, -0.05) is 12.1 Å². The number of nitrogens with zero attached hydrogens (tertiary/aromatic N) is 1. The van der Waals surface area contributed by atoms with E-state index < -0.39 is 23.7 Å². The van der Waals surface area contributed by atoms with E-state index in [0.717, 1.165) is 16.0 Å². The van der Waals surface area contributed by atoms with Crippen LogP contribution in [0.2, 0.25) is 0 Å². The van der Waals surface area contributed by atoms with E-state index in [1.165, 1.54) is 24.3 Å². The van der Waals surface area contributed by atoms with Crippen molar-refractivity contribution in [1.29, 1.82) is 0 Å². The first-order valence-corrected chi connectivity index (χ1v) is 6.83. The van der Waals surface area contributed by atoms with Crippen molar-refractivity contribution in [3.8, 4) is 0 Å². The van der Waals surface area contributed by atoms with Gasteiger partial charge < -0.3 is 5.11 Å². The van der Waals surface area contributed by atoms with Gasteiger partial charge in [0.25, 0.3) is 5.91 Å². The van der Waals surface area contributed by atoms with Crippen LogP contribution in [0.1, 0.15) is 33.1 Å². The third-order valence-corrected chi connectivity index (χ3v) is 3.99. The van der Waals surface area contributed by atoms with Crippen LogP contribution in [0.4, 0.5) is 10.1 Å². The molecule has 0 fully saturated rings. The maximum atomic E-state index is 13.4. The van der Waals surface area contributed by atoms with Crippen molar-refractivity contribution in [1.82, 2.24) is 0 Å². The molecule has 1 atom stereocenters. The normalized spacial score (nSPS) is 16.8. The molecule has 22 heavy (non-hydrogen) atoms. The highest BCUT2D eigenvalue weighted by Crippen LogP contribution is 2.39. The molecule has 4 nitrogen and oxygen atoms in total. The first-order chi connectivity index (χ1) is 10.4. The molecule has 0 radical (unpaired) electrons. The standard InChI is InChI=1S/C17H14FNO3/c1-9-6-13-14(7-10(9)2)16(20)19(15(13)17(21)22)12-5-3-4-11(18)8-12/h3-8,15H,1-2H3,(H,21,22). The van der Waals surface area contributed by atoms with E-state index >= 15 is 0 Å². The molecule has 1 aliphatic rings. The number of carbonyl (C=O) groups is 2. The zero-order chi connectivity index (χ0) is 16.0. The molecule has 1 aliphatic heterocycles. The fourth-order valence-electron chi connectivity index (χ4n) is 2.77. The first kappa shape index (κ1) is 14.3. The summed E-state index contributed by atoms with van der Waals surface area (Å²) in [5, 5.41) is 9.55. The summed E-state index contributed by atoms with van der Waals surface area (Å²) in [4.78, 5) is 25.4. The van der Waals surface area contributed by atoms with E-state index in [1.54, 1.807) is 12.1 Å². The van der Waals surface area contributed by atoms with Gasteiger partial charge in [-0.25, -0.2) is 9.18 Å². The molecule has 1 amide bonds. The molecule has 5 heteroatoms. The summed E-state index contributed by atoms with van der Waals surface area (Å²) in [5.41, 5.74) is 2.88. The van der Waals surface area contributed by atoms with Crippen LogP contribution in [-0.4, -0.2) is 17.0 Å². The van der Waals surface area contributed by atoms with E-state index in [-0.39, 0.29) is 5.69 Å². The monoisotopic (exact) mass is 299 g/mol. The Labute approximate surface area is 126 Å². The second-order valence-electron chi connectivity index (χ2n) is 5.42. The van der Waals surface area contributed by atoms with Crippen LogP contribution in [0.15, 0.2) is 36.4 Å². The number of carboxylic acid groups (broad SMARTS) is 1. The Hall–Kier alpha value is -2.69. The SMILES string of the molecule is Cc1cc2c(cc1C)C(C(=O)O)N(c1cccc(F)c1)C2=O. The Morgan fingerprint density at radius 3 is 2.50 bits per heavy atom. The van der Waals surface area contributed by atoms with Crippen molar-refractivity contribution in [2.45, 2.75) is 19.9 Å². The van der Waals surface area contributed by atoms with Crippen molar-refractivity contribution in [3.63, 3.8) is 0 Å². The predicted molar refractivity (Wildman–Crippen MR) is 79.5 cm³/mol. The van der Waals surface area contributed by atoms with Gasteiger partial charge in [0, 0.05) is 11.3 Å². The van der Waals surface area contributed by atoms with E-state index in [1.807, 2.05) is 13.8 Å². The summed E-state index contributed by atoms with van der Waals surface area (Å²) in [6.07, 6.45) is 0. The Morgan fingerprint density at radius 1 is 1.18 bits per heavy atom. The average Bonchev–Trinajstić information content (AvgIpc) is 2.73. The van der Waals surface area contributed by atoms with Crippen molar-refractivity contribution in [3.05, 3.63) is 64.5 Å². The van der Waals surface area contributed by atoms with Crippen molar-refractivity contribution < 1.29 is 19.1 Å². The summed E-state index contributed by atoms with van der Waals surface area (Å²) in [6, 6.07) is 7.69. The number of fused-ring (bicyclic) bond motifs is 1. The van der Waals surface area contributed by atoms with Crippen LogP contribution >= 0.6 is 0 Å². The number of amides is 1. The smallest absolute Gasteiger partial charge is 0.331 e. The maximum absolute atomic E-state index is 13.4. The molecular formula is C17H14FNO3. The van der Waals surface area contributed by atoms with Gasteiger partial charge in [-0.05, 0) is 54.8 Å². The average molecular weight is 299 g/mol. The van der Waals surface area contributed by atoms with E-state index in [9.17, 15) is 19.1 Å². The molecule has 2 aromatic carbocycles. The van der Waals surface area contributed by atoms with E-state index in [4.69, 9.17) is 0 Å². The highest BCUT2D eigenvalue weighted by Gasteiger charge is 2.42. The van der Waals surface area contributed by atoms with Gasteiger partial charge in [0.2, 0.25) is 0 Å². The third kappa shape index (κ3) is 2.06. The molecule has 0 saturated carbocycles. The number of hydrogen-bond donors (Lipinski definition) is 1. The van der Waals surface area contributed by atoms with Gasteiger partial charge in [-0.2, -0.15) is 0 Å². The van der Waals surface area contributed by atoms with Gasteiger partial charge in [-0.3, -0.25) is 9.69 Å². The Kier molecular flexibility index (Phi) is 3.20. The van der Waals surface area contributed by atoms with Crippen LogP contribution in [0.5, 0.6) is 0 Å². The topological polar surface area (TPSA) is 57.6 Å². The highest BCUT2D eigenvalue weighted by molar-refractivity contribution is 6.15. The summed E-state index contributed by atoms with van der Waals surface area (Å²) in [5.74, 6) is -2.08. The number of anilines is 1. The van der Waals surface area contributed by atoms with Gasteiger partial charge in [0.05, 0.1) is 0 Å². The molecule has 0 bridgehead atoms. The van der Waals surface area contributed by atoms with Crippen molar-refractivity contribution in [2.24, 2.45) is 0 Å². The fraction of sp³-hybridized carbons (Fsp3) is 0.176. The fourth-order valence-corrected chi connectivity index (χ4v) is 2.77. The summed E-state index contributed by atoms with van der Waals surface area (Å²) in [7, 11) is 0. The lowest BCUT2D eigenvalue weighted by Crippen LogP contribution is -2.32. The summed E-state index contributed by atoms with van der Waals surface area (Å²) < 4.78 is 13.4. The number of rotatable bonds is 2. The van der Waals surface area contributed by atoms with E-state index in [0.29, 0.717) is 11.1 Å². The van der Waals surface area contributed by atoms with Crippen molar-refractivity contribution in [2.75, 3.05) is 4.90 Å². The molecule has 1 heterocycles. The van der Waals surface area contributed by atoms with Gasteiger partial charge >= 0.3 is 5.97 Å². The van der Waals surface area contributed by atoms with E-state index in [2.05, 4.69) is 0 Å². The number of benzene rings is 2. The minimum atomic E-state index is -1.14. The lowest BCUT2D eigenvalue weighted by atomic mass is 9.98. The molecule has 0 aromatic heterocycles. The molecule has 0 aliphatic carbocycles. The number of halogens is 1. The lowest BCUT2D eigenvalue weighted by Gasteiger charge is -2.22. The summed E-state index contributed by atoms with van der Waals surface area (Å²) >= 11 is 0. The second kappa shape index (κ2) is 4.94. The molecule has 2 aromatic rings. The minimum Gasteiger partial charge on any atom is -0.479 e. The van der Waals surface area contributed by atoms with Gasteiger partial charge in [-0.15, -0.1) is 0 Å². The Balaban J connectivity index is 2.20. The number of carboxylic acids is 1. The number of hydrogen-bond acceptors (Lipinski definition) is 2. The number of aliphatic carboxylic acids is 1. The van der Waals surface area contributed by atoms with Crippen LogP contribution in [0.3, 0.4) is 0 Å². The number of aryl methyl sites for hydroxylation is 2. The zero-order valence-corrected chi connectivity index (χ0v) is 12.1. The molecule has 3 rings (SSSR count). The van der Waals surface area contributed by atoms with Crippen LogP contribution in [0, 0.1) is 19.7 Å². The van der Waals surface area contributed by atoms with Crippen LogP contribution < -0.4 is 4.90 Å². The molecule has 0 spiro atoms. The van der Waals surface area contributed by atoms with Gasteiger partial charge in [0.15, 0.2) is 6.04 Å². The van der Waals surface area contributed by atoms with Crippen LogP contribution in [0.25, 0.3) is 0 Å². The molecule has 1 unspecified atom stereocenters. The summed E-state index contributed by atoms with van der Waals surface area (Å²) in [6.45, 7) is 3.73. The second-order valence-corrected chi connectivity index (χ2v) is 5.42. The Morgan fingerprint density at radius 2 is 1.86 bits per heavy atom. The third-order valence-electron chi connectivity index (χ3n) is 3.99. The maximum Gasteiger partial charge on any atom is 0.331 e. The molecule has 112 valence electrons. The highest BCUT2D eigenvalue weighted by atomic mass is 19.1. The molecular weight excluding hydrogens is 285 g/mol. The predicted octanol–water partition coefficient (Wildman–Crippen LogP) is 3.23. The largest absolute Gasteiger partial charge is 0.479 e. The van der Waals surface area contributed by atoms with Crippen molar-refractivity contribution >= 4 is 17.6 Å².